The molecule has 3 aromatic rings. The lowest BCUT2D eigenvalue weighted by Crippen LogP contribution is -2.08. The van der Waals surface area contributed by atoms with Crippen LogP contribution in [0, 0.1) is 13.8 Å². The van der Waals surface area contributed by atoms with Crippen LogP contribution in [0.1, 0.15) is 27.5 Å². The number of esters is 1. The quantitative estimate of drug-likeness (QED) is 0.309. The number of ether oxygens (including phenoxy) is 2. The fourth-order valence-electron chi connectivity index (χ4n) is 2.33. The van der Waals surface area contributed by atoms with Crippen LogP contribution in [0.25, 0.3) is 0 Å². The zero-order valence-electron chi connectivity index (χ0n) is 15.1. The number of rotatable bonds is 6. The number of hydrogen-bond acceptors (Lipinski definition) is 8. The smallest absolute Gasteiger partial charge is 0.379 e. The maximum Gasteiger partial charge on any atom is 0.379 e. The number of carbonyl (C=O) groups excluding carboxylic acids is 1. The minimum Gasteiger partial charge on any atom is -0.493 e. The van der Waals surface area contributed by atoms with Crippen molar-refractivity contribution in [2.24, 2.45) is 5.10 Å². The van der Waals surface area contributed by atoms with Crippen molar-refractivity contribution >= 4 is 18.1 Å². The lowest BCUT2D eigenvalue weighted by molar-refractivity contribution is 0.0696. The first-order valence-corrected chi connectivity index (χ1v) is 8.10. The molecule has 0 unspecified atom stereocenters. The molecule has 0 spiro atoms. The van der Waals surface area contributed by atoms with Gasteiger partial charge in [-0.25, -0.2) is 20.2 Å². The van der Waals surface area contributed by atoms with Crippen molar-refractivity contribution in [2.45, 2.75) is 13.8 Å². The Morgan fingerprint density at radius 2 is 1.93 bits per heavy atom. The Hall–Kier alpha value is -3.68. The minimum atomic E-state index is -0.603. The van der Waals surface area contributed by atoms with Gasteiger partial charge in [-0.1, -0.05) is 0 Å². The Morgan fingerprint density at radius 3 is 2.59 bits per heavy atom. The van der Waals surface area contributed by atoms with Crippen molar-refractivity contribution in [3.63, 3.8) is 0 Å². The van der Waals surface area contributed by atoms with Crippen molar-refractivity contribution in [3.05, 3.63) is 65.4 Å². The fourth-order valence-corrected chi connectivity index (χ4v) is 2.33. The van der Waals surface area contributed by atoms with Gasteiger partial charge in [-0.3, -0.25) is 0 Å². The van der Waals surface area contributed by atoms with Gasteiger partial charge in [0.15, 0.2) is 11.5 Å². The van der Waals surface area contributed by atoms with E-state index in [9.17, 15) is 4.79 Å². The Kier molecular flexibility index (Phi) is 5.46. The molecule has 0 amide bonds. The second-order valence-electron chi connectivity index (χ2n) is 5.62. The number of anilines is 1. The van der Waals surface area contributed by atoms with E-state index in [0.29, 0.717) is 11.7 Å². The normalized spacial score (nSPS) is 10.8. The van der Waals surface area contributed by atoms with E-state index in [4.69, 9.17) is 13.9 Å². The molecule has 2 heterocycles. The largest absolute Gasteiger partial charge is 0.493 e. The summed E-state index contributed by atoms with van der Waals surface area (Å²) in [4.78, 5) is 20.5. The third-order valence-electron chi connectivity index (χ3n) is 3.47. The number of hydrazone groups is 1. The lowest BCUT2D eigenvalue weighted by atomic mass is 10.2. The molecule has 0 fully saturated rings. The lowest BCUT2D eigenvalue weighted by Gasteiger charge is -2.09. The van der Waals surface area contributed by atoms with E-state index in [-0.39, 0.29) is 11.5 Å². The molecule has 8 heteroatoms. The highest BCUT2D eigenvalue weighted by Gasteiger charge is 2.14. The molecular formula is C19H18N4O4. The van der Waals surface area contributed by atoms with E-state index in [1.54, 1.807) is 30.5 Å². The Labute approximate surface area is 155 Å². The maximum absolute atomic E-state index is 12.0. The number of benzene rings is 1. The standard InChI is InChI=1S/C19H18N4O4/c1-12-9-13(2)22-19(21-12)23-20-11-14-6-7-15(17(10-14)25-3)27-18(24)16-5-4-8-26-16/h4-11H,1-3H3,(H,21,22,23). The summed E-state index contributed by atoms with van der Waals surface area (Å²) >= 11 is 0. The van der Waals surface area contributed by atoms with Gasteiger partial charge < -0.3 is 13.9 Å². The number of methoxy groups -OCH3 is 1. The second-order valence-corrected chi connectivity index (χ2v) is 5.62. The summed E-state index contributed by atoms with van der Waals surface area (Å²) in [6.45, 7) is 3.77. The van der Waals surface area contributed by atoms with Crippen molar-refractivity contribution in [1.29, 1.82) is 0 Å². The van der Waals surface area contributed by atoms with Crippen LogP contribution in [0.2, 0.25) is 0 Å². The van der Waals surface area contributed by atoms with E-state index in [0.717, 1.165) is 17.0 Å². The number of nitrogens with zero attached hydrogens (tertiary/aromatic N) is 3. The first-order chi connectivity index (χ1) is 13.0. The number of aromatic nitrogens is 2. The summed E-state index contributed by atoms with van der Waals surface area (Å²) in [5, 5.41) is 4.12. The molecule has 1 aromatic carbocycles. The van der Waals surface area contributed by atoms with Crippen LogP contribution in [0.4, 0.5) is 5.95 Å². The first kappa shape index (κ1) is 18.1. The minimum absolute atomic E-state index is 0.111. The third-order valence-corrected chi connectivity index (χ3v) is 3.47. The highest BCUT2D eigenvalue weighted by molar-refractivity contribution is 5.89. The molecule has 0 aliphatic carbocycles. The molecule has 0 saturated carbocycles. The van der Waals surface area contributed by atoms with Crippen LogP contribution in [0.3, 0.4) is 0 Å². The summed E-state index contributed by atoms with van der Waals surface area (Å²) in [7, 11) is 1.49. The van der Waals surface area contributed by atoms with Gasteiger partial charge in [0, 0.05) is 11.4 Å². The van der Waals surface area contributed by atoms with E-state index < -0.39 is 5.97 Å². The van der Waals surface area contributed by atoms with Gasteiger partial charge in [-0.05, 0) is 55.8 Å². The van der Waals surface area contributed by atoms with E-state index in [2.05, 4.69) is 20.5 Å². The van der Waals surface area contributed by atoms with Gasteiger partial charge in [-0.15, -0.1) is 0 Å². The van der Waals surface area contributed by atoms with Crippen LogP contribution in [0.5, 0.6) is 11.5 Å². The van der Waals surface area contributed by atoms with Crippen LogP contribution < -0.4 is 14.9 Å². The first-order valence-electron chi connectivity index (χ1n) is 8.10. The van der Waals surface area contributed by atoms with Crippen LogP contribution in [-0.4, -0.2) is 29.3 Å². The van der Waals surface area contributed by atoms with Crippen molar-refractivity contribution in [1.82, 2.24) is 9.97 Å². The van der Waals surface area contributed by atoms with Crippen molar-refractivity contribution < 1.29 is 18.7 Å². The predicted octanol–water partition coefficient (Wildman–Crippen LogP) is 3.36. The predicted molar refractivity (Wildman–Crippen MR) is 99.4 cm³/mol. The molecule has 0 aliphatic rings. The van der Waals surface area contributed by atoms with Crippen molar-refractivity contribution in [2.75, 3.05) is 12.5 Å². The van der Waals surface area contributed by atoms with Gasteiger partial charge in [0.05, 0.1) is 19.6 Å². The van der Waals surface area contributed by atoms with Gasteiger partial charge in [0.1, 0.15) is 0 Å². The summed E-state index contributed by atoms with van der Waals surface area (Å²) in [6, 6.07) is 10.1. The summed E-state index contributed by atoms with van der Waals surface area (Å²) in [6.07, 6.45) is 2.99. The van der Waals surface area contributed by atoms with Gasteiger partial charge in [-0.2, -0.15) is 5.10 Å². The molecule has 1 N–H and O–H groups in total. The van der Waals surface area contributed by atoms with E-state index in [1.807, 2.05) is 19.9 Å². The zero-order chi connectivity index (χ0) is 19.2. The number of carbonyl (C=O) groups is 1. The third kappa shape index (κ3) is 4.69. The van der Waals surface area contributed by atoms with E-state index >= 15 is 0 Å². The van der Waals surface area contributed by atoms with Crippen LogP contribution >= 0.6 is 0 Å². The average molecular weight is 366 g/mol. The topological polar surface area (TPSA) is 98.8 Å². The van der Waals surface area contributed by atoms with Crippen LogP contribution in [0.15, 0.2) is 52.2 Å². The molecule has 8 nitrogen and oxygen atoms in total. The second kappa shape index (κ2) is 8.13. The molecule has 0 saturated heterocycles. The van der Waals surface area contributed by atoms with Gasteiger partial charge >= 0.3 is 5.97 Å². The Morgan fingerprint density at radius 1 is 1.15 bits per heavy atom. The van der Waals surface area contributed by atoms with Gasteiger partial charge in [0.25, 0.3) is 0 Å². The summed E-state index contributed by atoms with van der Waals surface area (Å²) < 4.78 is 15.6. The maximum atomic E-state index is 12.0. The van der Waals surface area contributed by atoms with Crippen molar-refractivity contribution in [3.8, 4) is 11.5 Å². The Balaban J connectivity index is 1.70. The molecule has 27 heavy (non-hydrogen) atoms. The molecular weight excluding hydrogens is 348 g/mol. The summed E-state index contributed by atoms with van der Waals surface area (Å²) in [5.41, 5.74) is 5.23. The van der Waals surface area contributed by atoms with E-state index in [1.165, 1.54) is 19.4 Å². The Bertz CT molecular complexity index is 948. The molecule has 0 aliphatic heterocycles. The molecule has 138 valence electrons. The number of hydrogen-bond donors (Lipinski definition) is 1. The molecule has 0 bridgehead atoms. The highest BCUT2D eigenvalue weighted by atomic mass is 16.6. The highest BCUT2D eigenvalue weighted by Crippen LogP contribution is 2.28. The zero-order valence-corrected chi connectivity index (χ0v) is 15.1. The SMILES string of the molecule is COc1cc(C=NNc2nc(C)cc(C)n2)ccc1OC(=O)c1ccco1. The number of furan rings is 1. The number of nitrogens with one attached hydrogen (secondary N) is 1. The summed E-state index contributed by atoms with van der Waals surface area (Å²) in [5.74, 6) is 0.594. The molecule has 0 radical (unpaired) electrons. The fraction of sp³-hybridized carbons (Fsp3) is 0.158. The molecule has 0 atom stereocenters. The molecule has 3 rings (SSSR count). The number of aryl methyl sites for hydroxylation is 2. The van der Waals surface area contributed by atoms with Crippen LogP contribution in [-0.2, 0) is 0 Å². The average Bonchev–Trinajstić information content (AvgIpc) is 3.17. The monoisotopic (exact) mass is 366 g/mol. The van der Waals surface area contributed by atoms with Gasteiger partial charge in [0.2, 0.25) is 11.7 Å². The molecule has 2 aromatic heterocycles.